The summed E-state index contributed by atoms with van der Waals surface area (Å²) < 4.78 is 31.9. The van der Waals surface area contributed by atoms with Crippen molar-refractivity contribution in [2.24, 2.45) is 0 Å². The fourth-order valence-corrected chi connectivity index (χ4v) is 4.44. The van der Waals surface area contributed by atoms with Crippen molar-refractivity contribution in [3.63, 3.8) is 0 Å². The van der Waals surface area contributed by atoms with Gasteiger partial charge in [0.05, 0.1) is 22.6 Å². The molecule has 9 heteroatoms. The predicted molar refractivity (Wildman–Crippen MR) is 97.4 cm³/mol. The molecule has 0 atom stereocenters. The molecular formula is C17H19N3O5S. The molecule has 1 heterocycles. The molecule has 0 amide bonds. The molecule has 0 aliphatic carbocycles. The Morgan fingerprint density at radius 1 is 1.12 bits per heavy atom. The van der Waals surface area contributed by atoms with E-state index < -0.39 is 14.9 Å². The van der Waals surface area contributed by atoms with Crippen LogP contribution >= 0.6 is 0 Å². The third-order valence-corrected chi connectivity index (χ3v) is 6.14. The van der Waals surface area contributed by atoms with Crippen LogP contribution in [-0.2, 0) is 10.0 Å². The molecule has 1 aliphatic rings. The molecule has 138 valence electrons. The van der Waals surface area contributed by atoms with Crippen molar-refractivity contribution in [2.75, 3.05) is 25.5 Å². The Bertz CT molecular complexity index is 924. The molecule has 1 aliphatic heterocycles. The number of nitro benzene ring substituents is 1. The Hall–Kier alpha value is -2.65. The third-order valence-electron chi connectivity index (χ3n) is 4.25. The largest absolute Gasteiger partial charge is 0.495 e. The maximum atomic E-state index is 12.6. The predicted octanol–water partition coefficient (Wildman–Crippen LogP) is 3.13. The van der Waals surface area contributed by atoms with E-state index in [0.717, 1.165) is 18.9 Å². The Labute approximate surface area is 151 Å². The van der Waals surface area contributed by atoms with E-state index in [9.17, 15) is 18.5 Å². The molecule has 8 nitrogen and oxygen atoms in total. The summed E-state index contributed by atoms with van der Waals surface area (Å²) in [5, 5.41) is 14.4. The van der Waals surface area contributed by atoms with Gasteiger partial charge in [-0.2, -0.15) is 4.31 Å². The van der Waals surface area contributed by atoms with Crippen LogP contribution in [0.15, 0.2) is 47.4 Å². The molecule has 0 bridgehead atoms. The average molecular weight is 377 g/mol. The fraction of sp³-hybridized carbons (Fsp3) is 0.294. The van der Waals surface area contributed by atoms with Gasteiger partial charge in [-0.05, 0) is 37.1 Å². The number of nitrogens with one attached hydrogen (secondary N) is 1. The van der Waals surface area contributed by atoms with Gasteiger partial charge in [-0.25, -0.2) is 8.42 Å². The van der Waals surface area contributed by atoms with Crippen LogP contribution in [0, 0.1) is 10.1 Å². The highest BCUT2D eigenvalue weighted by Crippen LogP contribution is 2.34. The Balaban J connectivity index is 1.99. The Morgan fingerprint density at radius 3 is 2.46 bits per heavy atom. The van der Waals surface area contributed by atoms with Gasteiger partial charge in [-0.1, -0.05) is 12.1 Å². The van der Waals surface area contributed by atoms with E-state index in [2.05, 4.69) is 5.32 Å². The molecule has 0 saturated carbocycles. The highest BCUT2D eigenvalue weighted by Gasteiger charge is 2.29. The Kier molecular flexibility index (Phi) is 5.10. The van der Waals surface area contributed by atoms with Crippen LogP contribution in [0.2, 0.25) is 0 Å². The van der Waals surface area contributed by atoms with Crippen LogP contribution in [0.3, 0.4) is 0 Å². The summed E-state index contributed by atoms with van der Waals surface area (Å²) in [7, 11) is -2.22. The quantitative estimate of drug-likeness (QED) is 0.613. The van der Waals surface area contributed by atoms with Gasteiger partial charge in [-0.3, -0.25) is 10.1 Å². The van der Waals surface area contributed by atoms with E-state index in [1.54, 1.807) is 24.3 Å². The average Bonchev–Trinajstić information content (AvgIpc) is 3.17. The van der Waals surface area contributed by atoms with Gasteiger partial charge in [0.2, 0.25) is 10.0 Å². The number of ether oxygens (including phenoxy) is 1. The number of nitrogens with zero attached hydrogens (tertiary/aromatic N) is 2. The monoisotopic (exact) mass is 377 g/mol. The summed E-state index contributed by atoms with van der Waals surface area (Å²) in [4.78, 5) is 10.8. The first-order valence-corrected chi connectivity index (χ1v) is 9.56. The first kappa shape index (κ1) is 18.2. The molecule has 1 N–H and O–H groups in total. The summed E-state index contributed by atoms with van der Waals surface area (Å²) in [6.07, 6.45) is 1.60. The number of nitro groups is 1. The van der Waals surface area contributed by atoms with Crippen LogP contribution in [-0.4, -0.2) is 37.8 Å². The third kappa shape index (κ3) is 3.49. The van der Waals surface area contributed by atoms with Gasteiger partial charge in [0.15, 0.2) is 0 Å². The number of rotatable bonds is 6. The van der Waals surface area contributed by atoms with E-state index in [1.807, 2.05) is 0 Å². The highest BCUT2D eigenvalue weighted by molar-refractivity contribution is 7.89. The van der Waals surface area contributed by atoms with Crippen molar-refractivity contribution in [3.8, 4) is 5.75 Å². The minimum absolute atomic E-state index is 0.0725. The first-order chi connectivity index (χ1) is 12.4. The lowest BCUT2D eigenvalue weighted by Gasteiger charge is -2.16. The second kappa shape index (κ2) is 7.30. The van der Waals surface area contributed by atoms with E-state index in [1.165, 1.54) is 23.5 Å². The second-order valence-corrected chi connectivity index (χ2v) is 7.81. The maximum absolute atomic E-state index is 12.6. The van der Waals surface area contributed by atoms with Gasteiger partial charge >= 0.3 is 0 Å². The minimum atomic E-state index is -3.72. The standard InChI is InChI=1S/C17H19N3O5S/c1-25-17-7-3-2-6-15(17)18-14-9-8-13(12-16(14)20(21)22)26(23,24)19-10-4-5-11-19/h2-3,6-9,12,18H,4-5,10-11H2,1H3. The summed E-state index contributed by atoms with van der Waals surface area (Å²) >= 11 is 0. The van der Waals surface area contributed by atoms with Crippen LogP contribution in [0.4, 0.5) is 17.1 Å². The van der Waals surface area contributed by atoms with Gasteiger partial charge in [0, 0.05) is 19.2 Å². The van der Waals surface area contributed by atoms with Crippen molar-refractivity contribution in [1.82, 2.24) is 4.31 Å². The second-order valence-electron chi connectivity index (χ2n) is 5.87. The Morgan fingerprint density at radius 2 is 1.81 bits per heavy atom. The minimum Gasteiger partial charge on any atom is -0.495 e. The number of hydrogen-bond donors (Lipinski definition) is 1. The molecule has 3 rings (SSSR count). The molecule has 0 aromatic heterocycles. The summed E-state index contributed by atoms with van der Waals surface area (Å²) in [6, 6.07) is 10.9. The molecular weight excluding hydrogens is 358 g/mol. The number of sulfonamides is 1. The number of anilines is 2. The van der Waals surface area contributed by atoms with Gasteiger partial charge in [-0.15, -0.1) is 0 Å². The molecule has 26 heavy (non-hydrogen) atoms. The normalized spacial score (nSPS) is 15.0. The summed E-state index contributed by atoms with van der Waals surface area (Å²) in [5.74, 6) is 0.524. The lowest BCUT2D eigenvalue weighted by molar-refractivity contribution is -0.384. The lowest BCUT2D eigenvalue weighted by Crippen LogP contribution is -2.27. The van der Waals surface area contributed by atoms with Crippen LogP contribution in [0.1, 0.15) is 12.8 Å². The number of hydrogen-bond acceptors (Lipinski definition) is 6. The zero-order valence-corrected chi connectivity index (χ0v) is 15.0. The molecule has 1 fully saturated rings. The van der Waals surface area contributed by atoms with Crippen molar-refractivity contribution >= 4 is 27.1 Å². The molecule has 0 radical (unpaired) electrons. The van der Waals surface area contributed by atoms with Crippen molar-refractivity contribution in [3.05, 3.63) is 52.6 Å². The smallest absolute Gasteiger partial charge is 0.294 e. The molecule has 2 aromatic rings. The number of benzene rings is 2. The van der Waals surface area contributed by atoms with Gasteiger partial charge in [0.1, 0.15) is 11.4 Å². The zero-order chi connectivity index (χ0) is 18.7. The van der Waals surface area contributed by atoms with Crippen molar-refractivity contribution < 1.29 is 18.1 Å². The zero-order valence-electron chi connectivity index (χ0n) is 14.2. The SMILES string of the molecule is COc1ccccc1Nc1ccc(S(=O)(=O)N2CCCC2)cc1[N+](=O)[O-]. The summed E-state index contributed by atoms with van der Waals surface area (Å²) in [6.45, 7) is 0.884. The van der Waals surface area contributed by atoms with Crippen molar-refractivity contribution in [1.29, 1.82) is 0 Å². The maximum Gasteiger partial charge on any atom is 0.294 e. The highest BCUT2D eigenvalue weighted by atomic mass is 32.2. The van der Waals surface area contributed by atoms with Gasteiger partial charge < -0.3 is 10.1 Å². The molecule has 2 aromatic carbocycles. The fourth-order valence-electron chi connectivity index (χ4n) is 2.90. The first-order valence-electron chi connectivity index (χ1n) is 8.12. The molecule has 1 saturated heterocycles. The van der Waals surface area contributed by atoms with E-state index in [4.69, 9.17) is 4.74 Å². The van der Waals surface area contributed by atoms with Gasteiger partial charge in [0.25, 0.3) is 5.69 Å². The van der Waals surface area contributed by atoms with Crippen molar-refractivity contribution in [2.45, 2.75) is 17.7 Å². The topological polar surface area (TPSA) is 102 Å². The van der Waals surface area contributed by atoms with E-state index in [-0.39, 0.29) is 16.3 Å². The van der Waals surface area contributed by atoms with Crippen LogP contribution in [0.25, 0.3) is 0 Å². The molecule has 0 unspecified atom stereocenters. The molecule has 0 spiro atoms. The number of para-hydroxylation sites is 2. The lowest BCUT2D eigenvalue weighted by atomic mass is 10.2. The number of methoxy groups -OCH3 is 1. The van der Waals surface area contributed by atoms with E-state index >= 15 is 0 Å². The summed E-state index contributed by atoms with van der Waals surface area (Å²) in [5.41, 5.74) is 0.435. The van der Waals surface area contributed by atoms with Crippen LogP contribution < -0.4 is 10.1 Å². The van der Waals surface area contributed by atoms with E-state index in [0.29, 0.717) is 24.5 Å². The van der Waals surface area contributed by atoms with Crippen LogP contribution in [0.5, 0.6) is 5.75 Å².